The van der Waals surface area contributed by atoms with Crippen LogP contribution in [0.3, 0.4) is 0 Å². The van der Waals surface area contributed by atoms with Crippen molar-refractivity contribution >= 4 is 0 Å². The number of nitrogens with one attached hydrogen (secondary N) is 2. The van der Waals surface area contributed by atoms with Crippen molar-refractivity contribution in [1.29, 1.82) is 0 Å². The Balaban J connectivity index is 3.86. The Morgan fingerprint density at radius 1 is 1.08 bits per heavy atom. The fourth-order valence-corrected chi connectivity index (χ4v) is 0.917. The zero-order valence-electron chi connectivity index (χ0n) is 9.57. The summed E-state index contributed by atoms with van der Waals surface area (Å²) in [6.45, 7) is 9.64. The van der Waals surface area contributed by atoms with E-state index in [2.05, 4.69) is 38.3 Å². The molecule has 0 saturated heterocycles. The Morgan fingerprint density at radius 3 is 2.00 bits per heavy atom. The molecule has 0 aliphatic carbocycles. The molecule has 0 aromatic heterocycles. The molecule has 0 fully saturated rings. The highest BCUT2D eigenvalue weighted by atomic mass is 16.3. The summed E-state index contributed by atoms with van der Waals surface area (Å²) in [4.78, 5) is 0. The first kappa shape index (κ1) is 12.9. The number of hydrogen-bond acceptors (Lipinski definition) is 3. The van der Waals surface area contributed by atoms with E-state index in [1.807, 2.05) is 7.05 Å². The third-order valence-corrected chi connectivity index (χ3v) is 2.42. The lowest BCUT2D eigenvalue weighted by Crippen LogP contribution is -2.52. The number of aliphatic hydroxyl groups is 1. The van der Waals surface area contributed by atoms with Gasteiger partial charge < -0.3 is 15.7 Å². The molecule has 0 saturated carbocycles. The highest BCUT2D eigenvalue weighted by Gasteiger charge is 2.21. The number of rotatable bonds is 6. The molecule has 0 bridgehead atoms. The third-order valence-electron chi connectivity index (χ3n) is 2.42. The van der Waals surface area contributed by atoms with Crippen molar-refractivity contribution in [3.8, 4) is 0 Å². The third kappa shape index (κ3) is 6.02. The van der Waals surface area contributed by atoms with E-state index in [1.54, 1.807) is 0 Å². The SMILES string of the molecule is CNC(C)(C)CNC(C)(C)CCO. The Labute approximate surface area is 81.9 Å². The van der Waals surface area contributed by atoms with Crippen LogP contribution in [0.4, 0.5) is 0 Å². The summed E-state index contributed by atoms with van der Waals surface area (Å²) >= 11 is 0. The molecule has 3 N–H and O–H groups in total. The smallest absolute Gasteiger partial charge is 0.0448 e. The van der Waals surface area contributed by atoms with Crippen LogP contribution in [0.15, 0.2) is 0 Å². The number of aliphatic hydroxyl groups excluding tert-OH is 1. The summed E-state index contributed by atoms with van der Waals surface area (Å²) in [5, 5.41) is 15.5. The maximum Gasteiger partial charge on any atom is 0.0448 e. The first-order chi connectivity index (χ1) is 5.83. The van der Waals surface area contributed by atoms with Crippen LogP contribution in [0.1, 0.15) is 34.1 Å². The highest BCUT2D eigenvalue weighted by Crippen LogP contribution is 2.09. The van der Waals surface area contributed by atoms with Gasteiger partial charge in [-0.1, -0.05) is 0 Å². The van der Waals surface area contributed by atoms with Crippen LogP contribution in [0.2, 0.25) is 0 Å². The Bertz CT molecular complexity index is 144. The van der Waals surface area contributed by atoms with E-state index in [-0.39, 0.29) is 17.7 Å². The summed E-state index contributed by atoms with van der Waals surface area (Å²) in [5.41, 5.74) is 0.121. The molecule has 13 heavy (non-hydrogen) atoms. The fourth-order valence-electron chi connectivity index (χ4n) is 0.917. The molecule has 0 atom stereocenters. The van der Waals surface area contributed by atoms with Crippen LogP contribution >= 0.6 is 0 Å². The van der Waals surface area contributed by atoms with Crippen molar-refractivity contribution in [3.63, 3.8) is 0 Å². The number of likely N-dealkylation sites (N-methyl/N-ethyl adjacent to an activating group) is 1. The van der Waals surface area contributed by atoms with Gasteiger partial charge in [-0.2, -0.15) is 0 Å². The summed E-state index contributed by atoms with van der Waals surface area (Å²) in [6.07, 6.45) is 0.785. The van der Waals surface area contributed by atoms with Crippen molar-refractivity contribution in [2.45, 2.75) is 45.2 Å². The predicted molar refractivity (Wildman–Crippen MR) is 56.9 cm³/mol. The molecule has 0 heterocycles. The van der Waals surface area contributed by atoms with Gasteiger partial charge in [-0.05, 0) is 41.2 Å². The van der Waals surface area contributed by atoms with Gasteiger partial charge in [-0.3, -0.25) is 0 Å². The first-order valence-electron chi connectivity index (χ1n) is 4.88. The molecule has 0 unspecified atom stereocenters. The maximum atomic E-state index is 8.83. The molecule has 3 heteroatoms. The summed E-state index contributed by atoms with van der Waals surface area (Å²) < 4.78 is 0. The van der Waals surface area contributed by atoms with Gasteiger partial charge in [0.05, 0.1) is 0 Å². The molecule has 0 radical (unpaired) electrons. The second-order valence-electron chi connectivity index (χ2n) is 4.84. The van der Waals surface area contributed by atoms with Crippen LogP contribution < -0.4 is 10.6 Å². The van der Waals surface area contributed by atoms with E-state index in [9.17, 15) is 0 Å². The monoisotopic (exact) mass is 188 g/mol. The molecule has 0 aliphatic heterocycles. The molecular formula is C10H24N2O. The van der Waals surface area contributed by atoms with Gasteiger partial charge in [-0.15, -0.1) is 0 Å². The minimum atomic E-state index is 0.0167. The lowest BCUT2D eigenvalue weighted by atomic mass is 9.98. The van der Waals surface area contributed by atoms with Gasteiger partial charge in [0.15, 0.2) is 0 Å². The van der Waals surface area contributed by atoms with Gasteiger partial charge in [0.25, 0.3) is 0 Å². The Kier molecular flexibility index (Phi) is 4.89. The Hall–Kier alpha value is -0.120. The first-order valence-corrected chi connectivity index (χ1v) is 4.88. The van der Waals surface area contributed by atoms with Gasteiger partial charge >= 0.3 is 0 Å². The van der Waals surface area contributed by atoms with E-state index < -0.39 is 0 Å². The minimum absolute atomic E-state index is 0.0167. The molecule has 80 valence electrons. The molecule has 0 amide bonds. The van der Waals surface area contributed by atoms with E-state index in [0.29, 0.717) is 0 Å². The average Bonchev–Trinajstić information content (AvgIpc) is 2.02. The summed E-state index contributed by atoms with van der Waals surface area (Å²) in [7, 11) is 1.96. The lowest BCUT2D eigenvalue weighted by molar-refractivity contribution is 0.220. The molecule has 0 rings (SSSR count). The van der Waals surface area contributed by atoms with Crippen molar-refractivity contribution in [2.24, 2.45) is 0 Å². The predicted octanol–water partition coefficient (Wildman–Crippen LogP) is 0.735. The Morgan fingerprint density at radius 2 is 1.62 bits per heavy atom. The second kappa shape index (κ2) is 4.94. The number of hydrogen-bond donors (Lipinski definition) is 3. The van der Waals surface area contributed by atoms with Gasteiger partial charge in [0.2, 0.25) is 0 Å². The van der Waals surface area contributed by atoms with Gasteiger partial charge in [0.1, 0.15) is 0 Å². The topological polar surface area (TPSA) is 44.3 Å². The van der Waals surface area contributed by atoms with E-state index in [4.69, 9.17) is 5.11 Å². The molecular weight excluding hydrogens is 164 g/mol. The normalized spacial score (nSPS) is 13.4. The molecule has 0 aromatic rings. The fraction of sp³-hybridized carbons (Fsp3) is 1.00. The van der Waals surface area contributed by atoms with E-state index >= 15 is 0 Å². The van der Waals surface area contributed by atoms with Gasteiger partial charge in [0, 0.05) is 24.2 Å². The molecule has 0 aliphatic rings. The second-order valence-corrected chi connectivity index (χ2v) is 4.84. The maximum absolute atomic E-state index is 8.83. The van der Waals surface area contributed by atoms with Crippen molar-refractivity contribution in [2.75, 3.05) is 20.2 Å². The van der Waals surface area contributed by atoms with Crippen molar-refractivity contribution in [3.05, 3.63) is 0 Å². The largest absolute Gasteiger partial charge is 0.396 e. The zero-order valence-corrected chi connectivity index (χ0v) is 9.57. The quantitative estimate of drug-likeness (QED) is 0.576. The zero-order chi connectivity index (χ0) is 10.5. The summed E-state index contributed by atoms with van der Waals surface area (Å²) in [5.74, 6) is 0. The standard InChI is InChI=1S/C10H24N2O/c1-9(2,6-7-13)12-8-10(3,4)11-5/h11-13H,6-8H2,1-5H3. The van der Waals surface area contributed by atoms with Crippen molar-refractivity contribution in [1.82, 2.24) is 10.6 Å². The molecule has 0 spiro atoms. The van der Waals surface area contributed by atoms with E-state index in [1.165, 1.54) is 0 Å². The van der Waals surface area contributed by atoms with Crippen LogP contribution in [0.5, 0.6) is 0 Å². The van der Waals surface area contributed by atoms with E-state index in [0.717, 1.165) is 13.0 Å². The van der Waals surface area contributed by atoms with Crippen LogP contribution in [0.25, 0.3) is 0 Å². The lowest BCUT2D eigenvalue weighted by Gasteiger charge is -2.32. The molecule has 3 nitrogen and oxygen atoms in total. The highest BCUT2D eigenvalue weighted by molar-refractivity contribution is 4.84. The van der Waals surface area contributed by atoms with Crippen molar-refractivity contribution < 1.29 is 5.11 Å². The minimum Gasteiger partial charge on any atom is -0.396 e. The van der Waals surface area contributed by atoms with Gasteiger partial charge in [-0.25, -0.2) is 0 Å². The summed E-state index contributed by atoms with van der Waals surface area (Å²) in [6, 6.07) is 0. The van der Waals surface area contributed by atoms with Crippen LogP contribution in [-0.4, -0.2) is 36.4 Å². The van der Waals surface area contributed by atoms with Crippen LogP contribution in [0, 0.1) is 0 Å². The van der Waals surface area contributed by atoms with Crippen LogP contribution in [-0.2, 0) is 0 Å². The average molecular weight is 188 g/mol. The molecule has 0 aromatic carbocycles.